The van der Waals surface area contributed by atoms with Crippen LogP contribution >= 0.6 is 0 Å². The molecule has 1 unspecified atom stereocenters. The van der Waals surface area contributed by atoms with Crippen molar-refractivity contribution in [2.24, 2.45) is 0 Å². The predicted molar refractivity (Wildman–Crippen MR) is 130 cm³/mol. The monoisotopic (exact) mass is 439 g/mol. The molecule has 2 heterocycles. The molecular formula is C28H29N3O2. The van der Waals surface area contributed by atoms with Crippen LogP contribution in [-0.4, -0.2) is 15.5 Å². The van der Waals surface area contributed by atoms with E-state index in [1.165, 1.54) is 18.4 Å². The number of nitrogens with zero attached hydrogens (tertiary/aromatic N) is 2. The van der Waals surface area contributed by atoms with Crippen molar-refractivity contribution in [1.82, 2.24) is 14.9 Å². The number of amides is 1. The molecule has 33 heavy (non-hydrogen) atoms. The van der Waals surface area contributed by atoms with Crippen molar-refractivity contribution >= 4 is 5.91 Å². The van der Waals surface area contributed by atoms with Gasteiger partial charge in [0.1, 0.15) is 5.69 Å². The number of benzene rings is 2. The fourth-order valence-corrected chi connectivity index (χ4v) is 4.67. The lowest BCUT2D eigenvalue weighted by atomic mass is 10.1. The molecule has 4 aromatic rings. The molecule has 2 aromatic carbocycles. The average molecular weight is 440 g/mol. The topological polar surface area (TPSA) is 60.1 Å². The molecule has 0 aliphatic heterocycles. The minimum atomic E-state index is -0.221. The van der Waals surface area contributed by atoms with Crippen molar-refractivity contribution in [3.05, 3.63) is 89.9 Å². The number of hydrogen-bond acceptors (Lipinski definition) is 3. The molecule has 0 spiro atoms. The Labute approximate surface area is 194 Å². The molecule has 1 aliphatic rings. The molecule has 1 amide bonds. The number of hydrogen-bond donors (Lipinski definition) is 1. The van der Waals surface area contributed by atoms with Gasteiger partial charge in [-0.2, -0.15) is 0 Å². The van der Waals surface area contributed by atoms with E-state index in [4.69, 9.17) is 9.40 Å². The molecular weight excluding hydrogens is 410 g/mol. The van der Waals surface area contributed by atoms with Gasteiger partial charge in [-0.05, 0) is 44.4 Å². The molecule has 1 atom stereocenters. The van der Waals surface area contributed by atoms with Crippen molar-refractivity contribution in [1.29, 1.82) is 0 Å². The van der Waals surface area contributed by atoms with Gasteiger partial charge in [0, 0.05) is 11.6 Å². The van der Waals surface area contributed by atoms with Crippen LogP contribution in [0, 0.1) is 6.92 Å². The quantitative estimate of drug-likeness (QED) is 0.362. The van der Waals surface area contributed by atoms with E-state index in [1.54, 1.807) is 6.07 Å². The number of aromatic nitrogens is 2. The zero-order chi connectivity index (χ0) is 22.8. The molecule has 1 aliphatic carbocycles. The molecule has 1 fully saturated rings. The van der Waals surface area contributed by atoms with E-state index in [9.17, 15) is 4.79 Å². The minimum absolute atomic E-state index is 0.112. The van der Waals surface area contributed by atoms with Gasteiger partial charge in [-0.15, -0.1) is 0 Å². The highest BCUT2D eigenvalue weighted by molar-refractivity contribution is 5.92. The van der Waals surface area contributed by atoms with Gasteiger partial charge in [-0.1, -0.05) is 73.0 Å². The smallest absolute Gasteiger partial charge is 0.287 e. The van der Waals surface area contributed by atoms with Crippen LogP contribution in [0.15, 0.2) is 77.5 Å². The number of furan rings is 1. The van der Waals surface area contributed by atoms with Crippen molar-refractivity contribution in [3.63, 3.8) is 0 Å². The van der Waals surface area contributed by atoms with E-state index < -0.39 is 0 Å². The van der Waals surface area contributed by atoms with Crippen LogP contribution in [0.5, 0.6) is 0 Å². The summed E-state index contributed by atoms with van der Waals surface area (Å²) in [5.41, 5.74) is 5.15. The molecule has 1 N–H and O–H groups in total. The Balaban J connectivity index is 1.47. The summed E-state index contributed by atoms with van der Waals surface area (Å²) in [4.78, 5) is 17.7. The highest BCUT2D eigenvalue weighted by atomic mass is 16.4. The third kappa shape index (κ3) is 4.36. The van der Waals surface area contributed by atoms with Crippen LogP contribution in [0.25, 0.3) is 22.7 Å². The molecule has 168 valence electrons. The first-order valence-corrected chi connectivity index (χ1v) is 11.7. The maximum absolute atomic E-state index is 12.9. The van der Waals surface area contributed by atoms with E-state index in [-0.39, 0.29) is 11.9 Å². The Morgan fingerprint density at radius 3 is 2.48 bits per heavy atom. The van der Waals surface area contributed by atoms with Crippen LogP contribution in [0.4, 0.5) is 0 Å². The van der Waals surface area contributed by atoms with Crippen molar-refractivity contribution in [2.45, 2.75) is 51.6 Å². The van der Waals surface area contributed by atoms with E-state index in [0.717, 1.165) is 35.4 Å². The Kier molecular flexibility index (Phi) is 5.86. The molecule has 5 rings (SSSR count). The lowest BCUT2D eigenvalue weighted by molar-refractivity contribution is 0.0912. The third-order valence-electron chi connectivity index (χ3n) is 6.55. The SMILES string of the molecule is Cc1ccc(-c2ncn(C3CCCC3)c2-c2ccc(C(=O)NC(C)c3ccccc3)o2)cc1. The van der Waals surface area contributed by atoms with Gasteiger partial charge in [0.05, 0.1) is 18.1 Å². The first-order valence-electron chi connectivity index (χ1n) is 11.7. The van der Waals surface area contributed by atoms with Crippen LogP contribution < -0.4 is 5.32 Å². The molecule has 0 radical (unpaired) electrons. The summed E-state index contributed by atoms with van der Waals surface area (Å²) in [5, 5.41) is 3.04. The van der Waals surface area contributed by atoms with E-state index in [0.29, 0.717) is 17.6 Å². The number of imidazole rings is 1. The van der Waals surface area contributed by atoms with Gasteiger partial charge in [-0.3, -0.25) is 4.79 Å². The fourth-order valence-electron chi connectivity index (χ4n) is 4.67. The summed E-state index contributed by atoms with van der Waals surface area (Å²) < 4.78 is 8.39. The van der Waals surface area contributed by atoms with Crippen molar-refractivity contribution < 1.29 is 9.21 Å². The zero-order valence-corrected chi connectivity index (χ0v) is 19.1. The largest absolute Gasteiger partial charge is 0.449 e. The second kappa shape index (κ2) is 9.10. The number of carbonyl (C=O) groups is 1. The van der Waals surface area contributed by atoms with E-state index in [2.05, 4.69) is 41.1 Å². The predicted octanol–water partition coefficient (Wildman–Crippen LogP) is 6.72. The Bertz CT molecular complexity index is 1230. The summed E-state index contributed by atoms with van der Waals surface area (Å²) in [6.45, 7) is 4.05. The summed E-state index contributed by atoms with van der Waals surface area (Å²) >= 11 is 0. The number of carbonyl (C=O) groups excluding carboxylic acids is 1. The van der Waals surface area contributed by atoms with Crippen molar-refractivity contribution in [2.75, 3.05) is 0 Å². The van der Waals surface area contributed by atoms with Crippen LogP contribution in [0.2, 0.25) is 0 Å². The highest BCUT2D eigenvalue weighted by Gasteiger charge is 2.26. The van der Waals surface area contributed by atoms with Crippen LogP contribution in [0.1, 0.15) is 66.4 Å². The van der Waals surface area contributed by atoms with Gasteiger partial charge >= 0.3 is 0 Å². The molecule has 5 nitrogen and oxygen atoms in total. The standard InChI is InChI=1S/C28H29N3O2/c1-19-12-14-22(15-13-19)26-27(31(18-29-26)23-10-6-7-11-23)24-16-17-25(33-24)28(32)30-20(2)21-8-4-3-5-9-21/h3-5,8-9,12-18,20,23H,6-7,10-11H2,1-2H3,(H,30,32). The Hall–Kier alpha value is -3.60. The van der Waals surface area contributed by atoms with Crippen LogP contribution in [0.3, 0.4) is 0 Å². The van der Waals surface area contributed by atoms with Crippen LogP contribution in [-0.2, 0) is 0 Å². The minimum Gasteiger partial charge on any atom is -0.449 e. The second-order valence-electron chi connectivity index (χ2n) is 8.92. The molecule has 0 saturated heterocycles. The fraction of sp³-hybridized carbons (Fsp3) is 0.286. The normalized spacial score (nSPS) is 15.0. The lowest BCUT2D eigenvalue weighted by Crippen LogP contribution is -2.26. The molecule has 1 saturated carbocycles. The summed E-state index contributed by atoms with van der Waals surface area (Å²) in [6.07, 6.45) is 6.66. The summed E-state index contributed by atoms with van der Waals surface area (Å²) in [6, 6.07) is 22.3. The maximum Gasteiger partial charge on any atom is 0.287 e. The highest BCUT2D eigenvalue weighted by Crippen LogP contribution is 2.39. The number of aryl methyl sites for hydroxylation is 1. The van der Waals surface area contributed by atoms with Gasteiger partial charge < -0.3 is 14.3 Å². The Morgan fingerprint density at radius 2 is 1.76 bits per heavy atom. The van der Waals surface area contributed by atoms with Gasteiger partial charge in [-0.25, -0.2) is 4.98 Å². The van der Waals surface area contributed by atoms with Gasteiger partial charge in [0.2, 0.25) is 0 Å². The van der Waals surface area contributed by atoms with E-state index in [1.807, 2.05) is 49.6 Å². The first kappa shape index (κ1) is 21.3. The maximum atomic E-state index is 12.9. The molecule has 0 bridgehead atoms. The molecule has 5 heteroatoms. The number of rotatable bonds is 6. The van der Waals surface area contributed by atoms with E-state index >= 15 is 0 Å². The average Bonchev–Trinajstić information content (AvgIpc) is 3.60. The van der Waals surface area contributed by atoms with Gasteiger partial charge in [0.15, 0.2) is 11.5 Å². The van der Waals surface area contributed by atoms with Crippen molar-refractivity contribution in [3.8, 4) is 22.7 Å². The summed E-state index contributed by atoms with van der Waals surface area (Å²) in [7, 11) is 0. The lowest BCUT2D eigenvalue weighted by Gasteiger charge is -2.15. The first-order chi connectivity index (χ1) is 16.1. The molecule has 2 aromatic heterocycles. The van der Waals surface area contributed by atoms with Gasteiger partial charge in [0.25, 0.3) is 5.91 Å². The summed E-state index contributed by atoms with van der Waals surface area (Å²) in [5.74, 6) is 0.760. The zero-order valence-electron chi connectivity index (χ0n) is 19.1. The third-order valence-corrected chi connectivity index (χ3v) is 6.55. The second-order valence-corrected chi connectivity index (χ2v) is 8.92. The number of nitrogens with one attached hydrogen (secondary N) is 1. The Morgan fingerprint density at radius 1 is 1.03 bits per heavy atom.